The van der Waals surface area contributed by atoms with Crippen LogP contribution >= 0.6 is 0 Å². The van der Waals surface area contributed by atoms with Crippen molar-refractivity contribution in [3.05, 3.63) is 45.2 Å². The smallest absolute Gasteiger partial charge is 0.333 e. The van der Waals surface area contributed by atoms with Crippen molar-refractivity contribution in [1.82, 2.24) is 18.5 Å². The van der Waals surface area contributed by atoms with Crippen LogP contribution in [-0.4, -0.2) is 28.7 Å². The number of nitrogens with zero attached hydrogens (tertiary/aromatic N) is 4. The van der Waals surface area contributed by atoms with Crippen molar-refractivity contribution in [3.63, 3.8) is 0 Å². The minimum absolute atomic E-state index is 0.0742. The number of pyridine rings is 1. The largest absolute Gasteiger partial charge is 0.494 e. The number of hydrogen-bond donors (Lipinski definition) is 2. The molecule has 3 rings (SSSR count). The van der Waals surface area contributed by atoms with Crippen LogP contribution in [-0.2, 0) is 14.1 Å². The van der Waals surface area contributed by atoms with Gasteiger partial charge < -0.3 is 10.2 Å². The minimum atomic E-state index is -0.727. The van der Waals surface area contributed by atoms with Gasteiger partial charge in [0.05, 0.1) is 0 Å². The predicted octanol–water partition coefficient (Wildman–Crippen LogP) is -0.190. The summed E-state index contributed by atoms with van der Waals surface area (Å²) in [5, 5.41) is 20.3. The fourth-order valence-electron chi connectivity index (χ4n) is 2.19. The lowest BCUT2D eigenvalue weighted by atomic mass is 10.2. The highest BCUT2D eigenvalue weighted by molar-refractivity contribution is 5.72. The molecule has 0 amide bonds. The number of aromatic nitrogens is 4. The number of imidazole rings is 1. The van der Waals surface area contributed by atoms with Crippen molar-refractivity contribution >= 4 is 5.65 Å². The molecule has 0 unspecified atom stereocenters. The molecule has 3 aromatic heterocycles. The number of rotatable bonds is 1. The van der Waals surface area contributed by atoms with Crippen LogP contribution in [0.3, 0.4) is 0 Å². The van der Waals surface area contributed by atoms with Crippen LogP contribution in [0.25, 0.3) is 16.9 Å². The van der Waals surface area contributed by atoms with Gasteiger partial charge in [0.1, 0.15) is 16.9 Å². The molecule has 0 saturated carbocycles. The van der Waals surface area contributed by atoms with Gasteiger partial charge in [0.15, 0.2) is 0 Å². The molecule has 8 heteroatoms. The van der Waals surface area contributed by atoms with Crippen molar-refractivity contribution in [1.29, 1.82) is 0 Å². The summed E-state index contributed by atoms with van der Waals surface area (Å²) >= 11 is 0. The van der Waals surface area contributed by atoms with Gasteiger partial charge in [0.25, 0.3) is 5.56 Å². The summed E-state index contributed by atoms with van der Waals surface area (Å²) in [4.78, 5) is 28.1. The molecule has 0 atom stereocenters. The summed E-state index contributed by atoms with van der Waals surface area (Å²) in [6.45, 7) is 0. The normalized spacial score (nSPS) is 11.1. The Hall–Kier alpha value is -3.03. The van der Waals surface area contributed by atoms with Crippen LogP contribution in [0.5, 0.6) is 11.8 Å². The van der Waals surface area contributed by atoms with Gasteiger partial charge in [-0.1, -0.05) is 6.07 Å². The third-order valence-electron chi connectivity index (χ3n) is 3.38. The molecule has 2 N–H and O–H groups in total. The van der Waals surface area contributed by atoms with Crippen LogP contribution in [0.1, 0.15) is 0 Å². The van der Waals surface area contributed by atoms with Crippen LogP contribution in [0.2, 0.25) is 0 Å². The van der Waals surface area contributed by atoms with Gasteiger partial charge in [-0.05, 0) is 12.1 Å². The standard InChI is InChI=1S/C13H12N4O4/c1-15-10(18)8(11(19)16(2)13(15)21)9-12(20)17-6-4-3-5-7(17)14-9/h3-6,18,20H,1-2H3. The summed E-state index contributed by atoms with van der Waals surface area (Å²) in [6, 6.07) is 5.06. The Morgan fingerprint density at radius 3 is 2.43 bits per heavy atom. The van der Waals surface area contributed by atoms with Crippen molar-refractivity contribution < 1.29 is 10.2 Å². The maximum absolute atomic E-state index is 12.2. The van der Waals surface area contributed by atoms with Gasteiger partial charge in [-0.3, -0.25) is 18.3 Å². The molecule has 0 saturated heterocycles. The fourth-order valence-corrected chi connectivity index (χ4v) is 2.19. The molecule has 3 heterocycles. The average Bonchev–Trinajstić information content (AvgIpc) is 2.81. The lowest BCUT2D eigenvalue weighted by molar-refractivity contribution is 0.412. The first-order valence-corrected chi connectivity index (χ1v) is 6.09. The van der Waals surface area contributed by atoms with Crippen LogP contribution in [0.4, 0.5) is 0 Å². The summed E-state index contributed by atoms with van der Waals surface area (Å²) < 4.78 is 3.14. The first-order chi connectivity index (χ1) is 9.93. The van der Waals surface area contributed by atoms with E-state index < -0.39 is 17.1 Å². The van der Waals surface area contributed by atoms with Crippen molar-refractivity contribution in [2.24, 2.45) is 14.1 Å². The van der Waals surface area contributed by atoms with Gasteiger partial charge in [0.2, 0.25) is 11.8 Å². The first-order valence-electron chi connectivity index (χ1n) is 6.09. The van der Waals surface area contributed by atoms with Crippen molar-refractivity contribution in [2.45, 2.75) is 0 Å². The number of fused-ring (bicyclic) bond motifs is 1. The Bertz CT molecular complexity index is 980. The SMILES string of the molecule is Cn1c(O)c(-c2nc3ccccn3c2O)c(=O)n(C)c1=O. The maximum Gasteiger partial charge on any atom is 0.333 e. The van der Waals surface area contributed by atoms with E-state index in [2.05, 4.69) is 4.98 Å². The Morgan fingerprint density at radius 2 is 1.76 bits per heavy atom. The molecule has 0 spiro atoms. The monoisotopic (exact) mass is 288 g/mol. The molecule has 0 aliphatic heterocycles. The molecule has 0 radical (unpaired) electrons. The molecule has 3 aromatic rings. The second kappa shape index (κ2) is 4.23. The van der Waals surface area contributed by atoms with Crippen LogP contribution in [0.15, 0.2) is 34.0 Å². The molecular weight excluding hydrogens is 276 g/mol. The van der Waals surface area contributed by atoms with Crippen LogP contribution in [0, 0.1) is 0 Å². The average molecular weight is 288 g/mol. The lowest BCUT2D eigenvalue weighted by Gasteiger charge is -2.08. The van der Waals surface area contributed by atoms with Crippen molar-refractivity contribution in [3.8, 4) is 23.0 Å². The zero-order valence-electron chi connectivity index (χ0n) is 11.3. The van der Waals surface area contributed by atoms with Crippen molar-refractivity contribution in [2.75, 3.05) is 0 Å². The molecule has 0 aliphatic carbocycles. The highest BCUT2D eigenvalue weighted by Crippen LogP contribution is 2.31. The predicted molar refractivity (Wildman–Crippen MR) is 74.4 cm³/mol. The maximum atomic E-state index is 12.2. The van der Waals surface area contributed by atoms with E-state index in [4.69, 9.17) is 0 Å². The van der Waals surface area contributed by atoms with Crippen LogP contribution < -0.4 is 11.2 Å². The summed E-state index contributed by atoms with van der Waals surface area (Å²) in [6.07, 6.45) is 1.57. The Balaban J connectivity index is 2.47. The zero-order valence-corrected chi connectivity index (χ0v) is 11.3. The number of hydrogen-bond acceptors (Lipinski definition) is 5. The van der Waals surface area contributed by atoms with Gasteiger partial charge in [0, 0.05) is 20.3 Å². The van der Waals surface area contributed by atoms with Gasteiger partial charge in [-0.2, -0.15) is 0 Å². The Kier molecular flexibility index (Phi) is 2.62. The third kappa shape index (κ3) is 1.65. The Morgan fingerprint density at radius 1 is 1.05 bits per heavy atom. The zero-order chi connectivity index (χ0) is 15.3. The molecular formula is C13H12N4O4. The Labute approximate surface area is 117 Å². The quantitative estimate of drug-likeness (QED) is 0.646. The highest BCUT2D eigenvalue weighted by atomic mass is 16.3. The minimum Gasteiger partial charge on any atom is -0.494 e. The lowest BCUT2D eigenvalue weighted by Crippen LogP contribution is -2.37. The molecule has 0 aliphatic rings. The first kappa shape index (κ1) is 13.0. The van der Waals surface area contributed by atoms with Gasteiger partial charge in [-0.15, -0.1) is 0 Å². The van der Waals surface area contributed by atoms with Gasteiger partial charge in [-0.25, -0.2) is 9.78 Å². The van der Waals surface area contributed by atoms with E-state index in [1.165, 1.54) is 18.5 Å². The molecule has 8 nitrogen and oxygen atoms in total. The number of aromatic hydroxyl groups is 2. The molecule has 0 fully saturated rings. The third-order valence-corrected chi connectivity index (χ3v) is 3.38. The second-order valence-electron chi connectivity index (χ2n) is 4.62. The molecule has 108 valence electrons. The second-order valence-corrected chi connectivity index (χ2v) is 4.62. The van der Waals surface area contributed by atoms with Gasteiger partial charge >= 0.3 is 5.69 Å². The van der Waals surface area contributed by atoms with E-state index in [0.717, 1.165) is 9.13 Å². The summed E-state index contributed by atoms with van der Waals surface area (Å²) in [5.41, 5.74) is -1.27. The molecule has 0 bridgehead atoms. The van der Waals surface area contributed by atoms with E-state index >= 15 is 0 Å². The topological polar surface area (TPSA) is 102 Å². The van der Waals surface area contributed by atoms with E-state index in [1.54, 1.807) is 24.4 Å². The summed E-state index contributed by atoms with van der Waals surface area (Å²) in [7, 11) is 2.62. The highest BCUT2D eigenvalue weighted by Gasteiger charge is 2.23. The molecule has 21 heavy (non-hydrogen) atoms. The summed E-state index contributed by atoms with van der Waals surface area (Å²) in [5.74, 6) is -0.821. The van der Waals surface area contributed by atoms with E-state index in [1.807, 2.05) is 0 Å². The van der Waals surface area contributed by atoms with E-state index in [-0.39, 0.29) is 17.1 Å². The van der Waals surface area contributed by atoms with E-state index in [0.29, 0.717) is 5.65 Å². The fraction of sp³-hybridized carbons (Fsp3) is 0.154. The molecule has 0 aromatic carbocycles. The van der Waals surface area contributed by atoms with E-state index in [9.17, 15) is 19.8 Å².